The third kappa shape index (κ3) is 3.17. The molecule has 2 aliphatic rings. The number of rotatable bonds is 5. The maximum absolute atomic E-state index is 4.70. The fourth-order valence-corrected chi connectivity index (χ4v) is 5.41. The normalized spacial score (nSPS) is 18.7. The smallest absolute Gasteiger partial charge is 0.241 e. The van der Waals surface area contributed by atoms with E-state index in [1.54, 1.807) is 0 Å². The number of likely N-dealkylation sites (tertiary alicyclic amines) is 1. The number of anilines is 1. The van der Waals surface area contributed by atoms with E-state index in [-0.39, 0.29) is 0 Å². The number of fused-ring (bicyclic) bond motifs is 2. The predicted molar refractivity (Wildman–Crippen MR) is 120 cm³/mol. The molecule has 0 radical (unpaired) electrons. The van der Waals surface area contributed by atoms with Crippen LogP contribution in [0.3, 0.4) is 0 Å². The van der Waals surface area contributed by atoms with E-state index in [4.69, 9.17) is 5.10 Å². The molecule has 0 bridgehead atoms. The maximum atomic E-state index is 4.70. The second-order valence-electron chi connectivity index (χ2n) is 9.87. The molecule has 0 atom stereocenters. The summed E-state index contributed by atoms with van der Waals surface area (Å²) in [6, 6.07) is 2.54. The number of hydrogen-bond donors (Lipinski definition) is 1. The fourth-order valence-electron chi connectivity index (χ4n) is 5.41. The van der Waals surface area contributed by atoms with E-state index in [0.29, 0.717) is 23.2 Å². The topological polar surface area (TPSA) is 75.7 Å². The van der Waals surface area contributed by atoms with Crippen LogP contribution in [0.5, 0.6) is 0 Å². The summed E-state index contributed by atoms with van der Waals surface area (Å²) in [4.78, 5) is 16.0. The summed E-state index contributed by atoms with van der Waals surface area (Å²) in [6.45, 7) is 10.3. The van der Waals surface area contributed by atoms with Crippen LogP contribution in [0.25, 0.3) is 22.4 Å². The van der Waals surface area contributed by atoms with Crippen LogP contribution < -0.4 is 5.32 Å². The van der Waals surface area contributed by atoms with Crippen molar-refractivity contribution in [3.8, 4) is 11.1 Å². The standard InChI is InChI=1S/C23H28N8/c1-15(2)11-29-13-23(14-29)6-18(7-23)27-21-24-10-20-19(4-5-31(20)28-21)17-9-26-22-25-8-16(3)30(22)12-17/h4-5,8-10,12,15,18H,6-7,11,13-14H2,1-3H3,(H,27,28). The van der Waals surface area contributed by atoms with Gasteiger partial charge in [0.15, 0.2) is 0 Å². The minimum absolute atomic E-state index is 0.476. The SMILES string of the molecule is Cc1cnc2ncc(-c3ccn4nc(NC5CC6(C5)CN(CC(C)C)C6)ncc34)cn12. The molecule has 31 heavy (non-hydrogen) atoms. The Morgan fingerprint density at radius 3 is 2.74 bits per heavy atom. The molecule has 8 nitrogen and oxygen atoms in total. The molecule has 4 aromatic rings. The highest BCUT2D eigenvalue weighted by Gasteiger charge is 2.52. The van der Waals surface area contributed by atoms with Crippen LogP contribution in [0.15, 0.2) is 37.1 Å². The van der Waals surface area contributed by atoms with E-state index in [9.17, 15) is 0 Å². The molecule has 8 heteroatoms. The van der Waals surface area contributed by atoms with Gasteiger partial charge in [-0.15, -0.1) is 5.10 Å². The minimum atomic E-state index is 0.476. The second kappa shape index (κ2) is 6.75. The fraction of sp³-hybridized carbons (Fsp3) is 0.478. The monoisotopic (exact) mass is 416 g/mol. The molecule has 0 unspecified atom stereocenters. The molecule has 160 valence electrons. The van der Waals surface area contributed by atoms with Gasteiger partial charge in [0.05, 0.1) is 17.9 Å². The van der Waals surface area contributed by atoms with Crippen molar-refractivity contribution < 1.29 is 0 Å². The van der Waals surface area contributed by atoms with Crippen molar-refractivity contribution >= 4 is 17.2 Å². The Morgan fingerprint density at radius 1 is 1.13 bits per heavy atom. The van der Waals surface area contributed by atoms with Gasteiger partial charge >= 0.3 is 0 Å². The Kier molecular flexibility index (Phi) is 4.08. The minimum Gasteiger partial charge on any atom is -0.350 e. The number of aromatic nitrogens is 6. The third-order valence-corrected chi connectivity index (χ3v) is 6.71. The number of imidazole rings is 1. The van der Waals surface area contributed by atoms with Gasteiger partial charge < -0.3 is 10.2 Å². The summed E-state index contributed by atoms with van der Waals surface area (Å²) in [5, 5.41) is 8.24. The Morgan fingerprint density at radius 2 is 1.94 bits per heavy atom. The molecule has 1 aliphatic carbocycles. The van der Waals surface area contributed by atoms with Crippen LogP contribution in [0.2, 0.25) is 0 Å². The zero-order valence-corrected chi connectivity index (χ0v) is 18.3. The zero-order valence-electron chi connectivity index (χ0n) is 18.3. The summed E-state index contributed by atoms with van der Waals surface area (Å²) in [5.41, 5.74) is 4.66. The first kappa shape index (κ1) is 18.7. The van der Waals surface area contributed by atoms with Crippen molar-refractivity contribution in [2.45, 2.75) is 39.7 Å². The lowest BCUT2D eigenvalue weighted by Gasteiger charge is -2.59. The molecule has 4 aromatic heterocycles. The van der Waals surface area contributed by atoms with Crippen molar-refractivity contribution in [1.29, 1.82) is 0 Å². The van der Waals surface area contributed by atoms with Crippen LogP contribution in [0, 0.1) is 18.3 Å². The first-order valence-corrected chi connectivity index (χ1v) is 11.1. The zero-order chi connectivity index (χ0) is 21.2. The Hall–Kier alpha value is -3.00. The average Bonchev–Trinajstić information content (AvgIpc) is 3.27. The molecule has 1 N–H and O–H groups in total. The van der Waals surface area contributed by atoms with Gasteiger partial charge in [-0.25, -0.2) is 19.5 Å². The van der Waals surface area contributed by atoms with Crippen molar-refractivity contribution in [3.05, 3.63) is 42.7 Å². The first-order valence-electron chi connectivity index (χ1n) is 11.1. The highest BCUT2D eigenvalue weighted by Crippen LogP contribution is 2.49. The van der Waals surface area contributed by atoms with Gasteiger partial charge in [0.1, 0.15) is 0 Å². The van der Waals surface area contributed by atoms with Gasteiger partial charge in [-0.1, -0.05) is 13.8 Å². The van der Waals surface area contributed by atoms with E-state index in [1.165, 1.54) is 32.5 Å². The predicted octanol–water partition coefficient (Wildman–Crippen LogP) is 3.28. The van der Waals surface area contributed by atoms with E-state index >= 15 is 0 Å². The maximum Gasteiger partial charge on any atom is 0.241 e. The molecule has 1 saturated carbocycles. The third-order valence-electron chi connectivity index (χ3n) is 6.71. The Labute approximate surface area is 181 Å². The lowest BCUT2D eigenvalue weighted by atomic mass is 9.60. The molecular weight excluding hydrogens is 388 g/mol. The van der Waals surface area contributed by atoms with Gasteiger partial charge in [-0.2, -0.15) is 0 Å². The van der Waals surface area contributed by atoms with Crippen LogP contribution in [0.4, 0.5) is 5.95 Å². The molecule has 1 aliphatic heterocycles. The summed E-state index contributed by atoms with van der Waals surface area (Å²) in [6.07, 6.45) is 12.1. The van der Waals surface area contributed by atoms with Crippen LogP contribution in [0.1, 0.15) is 32.4 Å². The number of nitrogens with zero attached hydrogens (tertiary/aromatic N) is 7. The average molecular weight is 417 g/mol. The van der Waals surface area contributed by atoms with Gasteiger partial charge in [-0.05, 0) is 37.2 Å². The van der Waals surface area contributed by atoms with Crippen molar-refractivity contribution in [2.75, 3.05) is 25.0 Å². The summed E-state index contributed by atoms with van der Waals surface area (Å²) >= 11 is 0. The molecule has 0 aromatic carbocycles. The lowest BCUT2D eigenvalue weighted by Crippen LogP contribution is -2.65. The van der Waals surface area contributed by atoms with Crippen molar-refractivity contribution in [1.82, 2.24) is 33.9 Å². The van der Waals surface area contributed by atoms with Crippen LogP contribution in [-0.4, -0.2) is 59.5 Å². The van der Waals surface area contributed by atoms with Gasteiger partial charge in [-0.3, -0.25) is 4.40 Å². The summed E-state index contributed by atoms with van der Waals surface area (Å²) < 4.78 is 3.91. The molecule has 2 fully saturated rings. The van der Waals surface area contributed by atoms with Crippen molar-refractivity contribution in [3.63, 3.8) is 0 Å². The molecule has 0 amide bonds. The van der Waals surface area contributed by atoms with E-state index in [1.807, 2.05) is 40.6 Å². The molecular formula is C23H28N8. The lowest BCUT2D eigenvalue weighted by molar-refractivity contribution is -0.0711. The second-order valence-corrected chi connectivity index (χ2v) is 9.87. The van der Waals surface area contributed by atoms with E-state index in [2.05, 4.69) is 51.3 Å². The van der Waals surface area contributed by atoms with Crippen LogP contribution in [-0.2, 0) is 0 Å². The largest absolute Gasteiger partial charge is 0.350 e. The summed E-state index contributed by atoms with van der Waals surface area (Å²) in [5.74, 6) is 2.16. The Bertz CT molecular complexity index is 1260. The molecule has 6 rings (SSSR count). The number of hydrogen-bond acceptors (Lipinski definition) is 6. The van der Waals surface area contributed by atoms with Crippen molar-refractivity contribution in [2.24, 2.45) is 11.3 Å². The van der Waals surface area contributed by atoms with Crippen LogP contribution >= 0.6 is 0 Å². The number of aryl methyl sites for hydroxylation is 1. The quantitative estimate of drug-likeness (QED) is 0.538. The Balaban J connectivity index is 1.16. The molecule has 1 saturated heterocycles. The van der Waals surface area contributed by atoms with Gasteiger partial charge in [0.25, 0.3) is 0 Å². The summed E-state index contributed by atoms with van der Waals surface area (Å²) in [7, 11) is 0. The highest BCUT2D eigenvalue weighted by atomic mass is 15.3. The van der Waals surface area contributed by atoms with Gasteiger partial charge in [0.2, 0.25) is 11.7 Å². The highest BCUT2D eigenvalue weighted by molar-refractivity contribution is 5.79. The molecule has 5 heterocycles. The molecule has 1 spiro atoms. The first-order chi connectivity index (χ1) is 15.0. The van der Waals surface area contributed by atoms with Gasteiger partial charge in [0, 0.05) is 61.1 Å². The van der Waals surface area contributed by atoms with E-state index in [0.717, 1.165) is 28.3 Å². The van der Waals surface area contributed by atoms with E-state index < -0.39 is 0 Å². The number of nitrogens with one attached hydrogen (secondary N) is 1.